The number of hydrogen-bond acceptors (Lipinski definition) is 5. The normalized spacial score (nSPS) is 12.8. The number of amides is 1. The van der Waals surface area contributed by atoms with Crippen molar-refractivity contribution >= 4 is 26.9 Å². The first kappa shape index (κ1) is 24.9. The first-order valence-electron chi connectivity index (χ1n) is 11.0. The number of carbonyl (C=O) groups is 1. The number of nitrogens with zero attached hydrogens (tertiary/aromatic N) is 2. The smallest absolute Gasteiger partial charge is 0.240 e. The van der Waals surface area contributed by atoms with Crippen molar-refractivity contribution < 1.29 is 17.6 Å². The lowest BCUT2D eigenvalue weighted by molar-refractivity contribution is -0.135. The number of rotatable bonds is 9. The minimum absolute atomic E-state index is 0.0349. The van der Waals surface area contributed by atoms with Gasteiger partial charge in [-0.15, -0.1) is 0 Å². The molecule has 33 heavy (non-hydrogen) atoms. The third-order valence-corrected chi connectivity index (χ3v) is 6.62. The third-order valence-electron chi connectivity index (χ3n) is 5.22. The second-order valence-electron chi connectivity index (χ2n) is 10.5. The van der Waals surface area contributed by atoms with E-state index in [1.165, 1.54) is 12.3 Å². The third kappa shape index (κ3) is 7.14. The van der Waals surface area contributed by atoms with E-state index >= 15 is 0 Å². The Kier molecular flexibility index (Phi) is 7.29. The van der Waals surface area contributed by atoms with Gasteiger partial charge in [0.05, 0.1) is 11.2 Å². The zero-order chi connectivity index (χ0) is 24.3. The standard InChI is InChI=1S/C25H33N3O4S/c1-24(2,3)14-23(29)28(16-19-7-6-11-26-15-19)18-25(4,5)17-27-33(30,31)21-8-9-22-20(13-21)10-12-32-22/h6-13,15,27H,14,16-18H2,1-5H3. The van der Waals surface area contributed by atoms with E-state index in [4.69, 9.17) is 4.42 Å². The second-order valence-corrected chi connectivity index (χ2v) is 12.2. The van der Waals surface area contributed by atoms with Crippen LogP contribution in [0.15, 0.2) is 64.4 Å². The van der Waals surface area contributed by atoms with Gasteiger partial charge in [0.2, 0.25) is 15.9 Å². The highest BCUT2D eigenvalue weighted by Gasteiger charge is 2.29. The van der Waals surface area contributed by atoms with E-state index in [2.05, 4.69) is 9.71 Å². The lowest BCUT2D eigenvalue weighted by Gasteiger charge is -2.34. The van der Waals surface area contributed by atoms with Gasteiger partial charge in [0.1, 0.15) is 5.58 Å². The Morgan fingerprint density at radius 1 is 1.12 bits per heavy atom. The summed E-state index contributed by atoms with van der Waals surface area (Å²) in [5.74, 6) is 0.0349. The van der Waals surface area contributed by atoms with Crippen molar-refractivity contribution in [1.82, 2.24) is 14.6 Å². The number of furan rings is 1. The van der Waals surface area contributed by atoms with Gasteiger partial charge in [-0.25, -0.2) is 13.1 Å². The molecular formula is C25H33N3O4S. The zero-order valence-electron chi connectivity index (χ0n) is 20.0. The Morgan fingerprint density at radius 3 is 2.55 bits per heavy atom. The van der Waals surface area contributed by atoms with Gasteiger partial charge in [-0.1, -0.05) is 40.7 Å². The minimum atomic E-state index is -3.71. The van der Waals surface area contributed by atoms with E-state index in [-0.39, 0.29) is 22.8 Å². The van der Waals surface area contributed by atoms with E-state index in [1.54, 1.807) is 35.5 Å². The van der Waals surface area contributed by atoms with Crippen LogP contribution in [0.1, 0.15) is 46.6 Å². The van der Waals surface area contributed by atoms with Crippen molar-refractivity contribution in [2.24, 2.45) is 10.8 Å². The van der Waals surface area contributed by atoms with Gasteiger partial charge in [-0.2, -0.15) is 0 Å². The van der Waals surface area contributed by atoms with Gasteiger partial charge < -0.3 is 9.32 Å². The van der Waals surface area contributed by atoms with Crippen molar-refractivity contribution in [1.29, 1.82) is 0 Å². The fourth-order valence-electron chi connectivity index (χ4n) is 3.57. The zero-order valence-corrected chi connectivity index (χ0v) is 20.8. The molecule has 0 aliphatic heterocycles. The second kappa shape index (κ2) is 9.65. The van der Waals surface area contributed by atoms with Crippen LogP contribution in [0.25, 0.3) is 11.0 Å². The first-order valence-corrected chi connectivity index (χ1v) is 12.5. The molecule has 2 aromatic heterocycles. The molecule has 8 heteroatoms. The number of benzene rings is 1. The van der Waals surface area contributed by atoms with Crippen LogP contribution in [0.2, 0.25) is 0 Å². The number of fused-ring (bicyclic) bond motifs is 1. The van der Waals surface area contributed by atoms with Crippen LogP contribution >= 0.6 is 0 Å². The largest absolute Gasteiger partial charge is 0.464 e. The Balaban J connectivity index is 1.73. The molecule has 0 bridgehead atoms. The molecule has 3 rings (SSSR count). The summed E-state index contributed by atoms with van der Waals surface area (Å²) in [5.41, 5.74) is 0.923. The molecule has 0 aliphatic carbocycles. The summed E-state index contributed by atoms with van der Waals surface area (Å²) in [6, 6.07) is 10.3. The number of sulfonamides is 1. The number of pyridine rings is 1. The first-order chi connectivity index (χ1) is 15.3. The maximum Gasteiger partial charge on any atom is 0.240 e. The molecule has 0 saturated heterocycles. The minimum Gasteiger partial charge on any atom is -0.464 e. The highest BCUT2D eigenvalue weighted by molar-refractivity contribution is 7.89. The van der Waals surface area contributed by atoms with E-state index < -0.39 is 15.4 Å². The molecule has 0 fully saturated rings. The summed E-state index contributed by atoms with van der Waals surface area (Å²) in [5, 5.41) is 0.729. The molecule has 7 nitrogen and oxygen atoms in total. The predicted molar refractivity (Wildman–Crippen MR) is 129 cm³/mol. The molecule has 3 aromatic rings. The molecule has 0 aliphatic rings. The summed E-state index contributed by atoms with van der Waals surface area (Å²) < 4.78 is 33.8. The van der Waals surface area contributed by atoms with Gasteiger partial charge in [-0.3, -0.25) is 9.78 Å². The Bertz CT molecular complexity index is 1200. The average Bonchev–Trinajstić information content (AvgIpc) is 3.19. The lowest BCUT2D eigenvalue weighted by Crippen LogP contribution is -2.44. The molecule has 1 aromatic carbocycles. The molecule has 178 valence electrons. The monoisotopic (exact) mass is 471 g/mol. The van der Waals surface area contributed by atoms with Gasteiger partial charge in [0.15, 0.2) is 0 Å². The van der Waals surface area contributed by atoms with E-state index in [0.29, 0.717) is 25.1 Å². The molecule has 1 amide bonds. The summed E-state index contributed by atoms with van der Waals surface area (Å²) in [4.78, 5) is 19.3. The highest BCUT2D eigenvalue weighted by Crippen LogP contribution is 2.25. The van der Waals surface area contributed by atoms with Gasteiger partial charge in [0.25, 0.3) is 0 Å². The maximum absolute atomic E-state index is 13.1. The maximum atomic E-state index is 13.1. The van der Waals surface area contributed by atoms with E-state index in [0.717, 1.165) is 10.9 Å². The SMILES string of the molecule is CC(C)(C)CC(=O)N(Cc1cccnc1)CC(C)(C)CNS(=O)(=O)c1ccc2occc2c1. The van der Waals surface area contributed by atoms with Crippen LogP contribution in [0.5, 0.6) is 0 Å². The molecule has 0 unspecified atom stereocenters. The van der Waals surface area contributed by atoms with E-state index in [1.807, 2.05) is 46.8 Å². The molecule has 2 heterocycles. The number of hydrogen-bond donors (Lipinski definition) is 1. The van der Waals surface area contributed by atoms with Crippen LogP contribution in [0.4, 0.5) is 0 Å². The van der Waals surface area contributed by atoms with Crippen molar-refractivity contribution in [2.75, 3.05) is 13.1 Å². The molecule has 0 radical (unpaired) electrons. The van der Waals surface area contributed by atoms with Gasteiger partial charge in [-0.05, 0) is 46.7 Å². The Morgan fingerprint density at radius 2 is 1.88 bits per heavy atom. The van der Waals surface area contributed by atoms with Crippen molar-refractivity contribution in [3.63, 3.8) is 0 Å². The summed E-state index contributed by atoms with van der Waals surface area (Å²) >= 11 is 0. The van der Waals surface area contributed by atoms with Crippen LogP contribution in [0.3, 0.4) is 0 Å². The lowest BCUT2D eigenvalue weighted by atomic mass is 9.89. The number of nitrogens with one attached hydrogen (secondary N) is 1. The summed E-state index contributed by atoms with van der Waals surface area (Å²) in [7, 11) is -3.71. The van der Waals surface area contributed by atoms with Gasteiger partial charge in [0, 0.05) is 43.8 Å². The van der Waals surface area contributed by atoms with Crippen molar-refractivity contribution in [2.45, 2.75) is 52.5 Å². The van der Waals surface area contributed by atoms with Gasteiger partial charge >= 0.3 is 0 Å². The average molecular weight is 472 g/mol. The van der Waals surface area contributed by atoms with E-state index in [9.17, 15) is 13.2 Å². The van der Waals surface area contributed by atoms with Crippen molar-refractivity contribution in [3.8, 4) is 0 Å². The van der Waals surface area contributed by atoms with Crippen LogP contribution < -0.4 is 4.72 Å². The molecular weight excluding hydrogens is 438 g/mol. The summed E-state index contributed by atoms with van der Waals surface area (Å²) in [6.07, 6.45) is 5.38. The number of carbonyl (C=O) groups excluding carboxylic acids is 1. The summed E-state index contributed by atoms with van der Waals surface area (Å²) in [6.45, 7) is 11.0. The topological polar surface area (TPSA) is 92.5 Å². The van der Waals surface area contributed by atoms with Crippen LogP contribution in [0, 0.1) is 10.8 Å². The van der Waals surface area contributed by atoms with Crippen LogP contribution in [-0.2, 0) is 21.4 Å². The Hall–Kier alpha value is -2.71. The molecule has 0 atom stereocenters. The quantitative estimate of drug-likeness (QED) is 0.492. The molecule has 1 N–H and O–H groups in total. The highest BCUT2D eigenvalue weighted by atomic mass is 32.2. The fourth-order valence-corrected chi connectivity index (χ4v) is 4.84. The Labute approximate surface area is 196 Å². The predicted octanol–water partition coefficient (Wildman–Crippen LogP) is 4.60. The van der Waals surface area contributed by atoms with Crippen molar-refractivity contribution in [3.05, 3.63) is 60.6 Å². The molecule has 0 saturated carbocycles. The number of aromatic nitrogens is 1. The fraction of sp³-hybridized carbons (Fsp3) is 0.440. The van der Waals surface area contributed by atoms with Crippen LogP contribution in [-0.4, -0.2) is 37.3 Å². The molecule has 0 spiro atoms.